The molecule has 1 N–H and O–H groups in total. The molecule has 0 aromatic carbocycles. The molecule has 9 heavy (non-hydrogen) atoms. The minimum absolute atomic E-state index is 0.600. The van der Waals surface area contributed by atoms with Crippen LogP contribution in [0.15, 0.2) is 0 Å². The molecule has 1 rings (SSSR count). The molecular weight excluding hydrogens is 136 g/mol. The smallest absolute Gasteiger partial charge is 0.178 e. The van der Waals surface area contributed by atoms with Crippen LogP contribution in [0.1, 0.15) is 18.9 Å². The lowest BCUT2D eigenvalue weighted by molar-refractivity contribution is 0.0775. The number of aromatic nitrogens is 2. The van der Waals surface area contributed by atoms with E-state index in [0.29, 0.717) is 5.01 Å². The van der Waals surface area contributed by atoms with Crippen LogP contribution in [0.4, 0.5) is 0 Å². The first-order valence-electron chi connectivity index (χ1n) is 2.53. The fourth-order valence-electron chi connectivity index (χ4n) is 0.397. The van der Waals surface area contributed by atoms with Crippen LogP contribution in [0, 0.1) is 5.51 Å². The number of hydrogen-bond acceptors (Lipinski definition) is 4. The fourth-order valence-corrected chi connectivity index (χ4v) is 0.897. The molecule has 3 nitrogen and oxygen atoms in total. The van der Waals surface area contributed by atoms with E-state index in [1.165, 1.54) is 11.3 Å². The van der Waals surface area contributed by atoms with Crippen molar-refractivity contribution in [2.75, 3.05) is 0 Å². The third kappa shape index (κ3) is 1.46. The number of aliphatic hydroxyl groups is 1. The van der Waals surface area contributed by atoms with Gasteiger partial charge in [0.1, 0.15) is 10.6 Å². The van der Waals surface area contributed by atoms with Crippen LogP contribution in [0.25, 0.3) is 0 Å². The second-order valence-electron chi connectivity index (χ2n) is 2.26. The second kappa shape index (κ2) is 2.04. The van der Waals surface area contributed by atoms with Crippen molar-refractivity contribution in [3.05, 3.63) is 10.5 Å². The molecule has 1 heterocycles. The van der Waals surface area contributed by atoms with Gasteiger partial charge in [-0.15, -0.1) is 10.2 Å². The van der Waals surface area contributed by atoms with E-state index in [2.05, 4.69) is 15.7 Å². The summed E-state index contributed by atoms with van der Waals surface area (Å²) >= 11 is 1.23. The fraction of sp³-hybridized carbons (Fsp3) is 0.600. The average molecular weight is 143 g/mol. The number of rotatable bonds is 1. The van der Waals surface area contributed by atoms with E-state index < -0.39 is 5.60 Å². The van der Waals surface area contributed by atoms with Gasteiger partial charge >= 0.3 is 0 Å². The van der Waals surface area contributed by atoms with E-state index in [4.69, 9.17) is 0 Å². The Labute approximate surface area is 57.4 Å². The number of nitrogens with zero attached hydrogens (tertiary/aromatic N) is 2. The molecule has 0 aliphatic carbocycles. The van der Waals surface area contributed by atoms with E-state index in [1.54, 1.807) is 13.8 Å². The lowest BCUT2D eigenvalue weighted by Gasteiger charge is -2.10. The first kappa shape index (κ1) is 6.64. The SMILES string of the molecule is CC(C)(O)c1nn[c]s1. The quantitative estimate of drug-likeness (QED) is 0.625. The average Bonchev–Trinajstić information content (AvgIpc) is 2.08. The van der Waals surface area contributed by atoms with Crippen LogP contribution >= 0.6 is 11.3 Å². The maximum Gasteiger partial charge on any atom is 0.178 e. The summed E-state index contributed by atoms with van der Waals surface area (Å²) in [5, 5.41) is 17.0. The van der Waals surface area contributed by atoms with Crippen LogP contribution in [0.5, 0.6) is 0 Å². The van der Waals surface area contributed by atoms with Gasteiger partial charge in [0.25, 0.3) is 0 Å². The molecule has 0 aliphatic rings. The summed E-state index contributed by atoms with van der Waals surface area (Å²) in [7, 11) is 0. The molecule has 0 aliphatic heterocycles. The monoisotopic (exact) mass is 143 g/mol. The second-order valence-corrected chi connectivity index (χ2v) is 3.03. The van der Waals surface area contributed by atoms with E-state index in [0.717, 1.165) is 0 Å². The standard InChI is InChI=1S/C5H7N2OS/c1-5(2,8)4-7-6-3-9-4/h8H,1-2H3. The first-order valence-corrected chi connectivity index (χ1v) is 3.35. The van der Waals surface area contributed by atoms with Crippen molar-refractivity contribution >= 4 is 11.3 Å². The first-order chi connectivity index (χ1) is 4.11. The molecule has 1 aromatic rings. The summed E-state index contributed by atoms with van der Waals surface area (Å²) in [6.45, 7) is 3.34. The van der Waals surface area contributed by atoms with Crippen molar-refractivity contribution in [2.45, 2.75) is 19.4 Å². The zero-order valence-corrected chi connectivity index (χ0v) is 6.07. The number of hydrogen-bond donors (Lipinski definition) is 1. The summed E-state index contributed by atoms with van der Waals surface area (Å²) in [6.07, 6.45) is 0. The molecule has 4 heteroatoms. The van der Waals surface area contributed by atoms with E-state index in [1.807, 2.05) is 0 Å². The van der Waals surface area contributed by atoms with Gasteiger partial charge in [-0.05, 0) is 13.8 Å². The van der Waals surface area contributed by atoms with Crippen LogP contribution in [-0.2, 0) is 5.60 Å². The molecule has 0 saturated heterocycles. The summed E-state index contributed by atoms with van der Waals surface area (Å²) < 4.78 is 0. The molecule has 0 spiro atoms. The molecule has 0 fully saturated rings. The Morgan fingerprint density at radius 2 is 2.33 bits per heavy atom. The minimum Gasteiger partial charge on any atom is -0.383 e. The highest BCUT2D eigenvalue weighted by atomic mass is 32.1. The summed E-state index contributed by atoms with van der Waals surface area (Å²) in [6, 6.07) is 0. The van der Waals surface area contributed by atoms with Crippen molar-refractivity contribution in [3.63, 3.8) is 0 Å². The highest BCUT2D eigenvalue weighted by Gasteiger charge is 2.19. The molecule has 1 aromatic heterocycles. The topological polar surface area (TPSA) is 46.0 Å². The lowest BCUT2D eigenvalue weighted by Crippen LogP contribution is -2.14. The Hall–Kier alpha value is -0.480. The zero-order chi connectivity index (χ0) is 6.91. The maximum absolute atomic E-state index is 9.27. The molecular formula is C5H7N2OS. The third-order valence-corrected chi connectivity index (χ3v) is 1.79. The lowest BCUT2D eigenvalue weighted by atomic mass is 10.2. The molecule has 0 unspecified atom stereocenters. The Bertz CT molecular complexity index is 177. The predicted octanol–water partition coefficient (Wildman–Crippen LogP) is 0.566. The Morgan fingerprint density at radius 1 is 1.67 bits per heavy atom. The van der Waals surface area contributed by atoms with Gasteiger partial charge in [0, 0.05) is 0 Å². The summed E-state index contributed by atoms with van der Waals surface area (Å²) in [5.74, 6) is 0. The van der Waals surface area contributed by atoms with Crippen molar-refractivity contribution in [3.8, 4) is 0 Å². The van der Waals surface area contributed by atoms with Crippen LogP contribution in [-0.4, -0.2) is 15.3 Å². The van der Waals surface area contributed by atoms with Gasteiger partial charge in [0.2, 0.25) is 0 Å². The molecule has 1 radical (unpaired) electrons. The Kier molecular flexibility index (Phi) is 1.50. The van der Waals surface area contributed by atoms with E-state index in [-0.39, 0.29) is 0 Å². The molecule has 0 amide bonds. The minimum atomic E-state index is -0.863. The molecule has 0 saturated carbocycles. The van der Waals surface area contributed by atoms with Crippen LogP contribution < -0.4 is 0 Å². The highest BCUT2D eigenvalue weighted by Crippen LogP contribution is 2.19. The van der Waals surface area contributed by atoms with Gasteiger partial charge in [-0.25, -0.2) is 0 Å². The zero-order valence-electron chi connectivity index (χ0n) is 5.25. The molecule has 49 valence electrons. The normalized spacial score (nSPS) is 11.9. The van der Waals surface area contributed by atoms with Gasteiger partial charge in [0.05, 0.1) is 0 Å². The van der Waals surface area contributed by atoms with E-state index >= 15 is 0 Å². The Morgan fingerprint density at radius 3 is 2.56 bits per heavy atom. The Balaban J connectivity index is 2.90. The van der Waals surface area contributed by atoms with E-state index in [9.17, 15) is 5.11 Å². The maximum atomic E-state index is 9.27. The molecule has 0 atom stereocenters. The summed E-state index contributed by atoms with van der Waals surface area (Å²) in [4.78, 5) is 0. The van der Waals surface area contributed by atoms with Crippen LogP contribution in [0.3, 0.4) is 0 Å². The largest absolute Gasteiger partial charge is 0.383 e. The van der Waals surface area contributed by atoms with Gasteiger partial charge in [-0.1, -0.05) is 11.3 Å². The van der Waals surface area contributed by atoms with Crippen molar-refractivity contribution in [1.82, 2.24) is 10.2 Å². The van der Waals surface area contributed by atoms with Crippen molar-refractivity contribution in [1.29, 1.82) is 0 Å². The van der Waals surface area contributed by atoms with Gasteiger partial charge in [-0.2, -0.15) is 0 Å². The van der Waals surface area contributed by atoms with Gasteiger partial charge < -0.3 is 5.11 Å². The summed E-state index contributed by atoms with van der Waals surface area (Å²) in [5.41, 5.74) is 1.69. The highest BCUT2D eigenvalue weighted by molar-refractivity contribution is 7.08. The third-order valence-electron chi connectivity index (χ3n) is 0.847. The van der Waals surface area contributed by atoms with Gasteiger partial charge in [-0.3, -0.25) is 0 Å². The molecule has 0 bridgehead atoms. The van der Waals surface area contributed by atoms with Crippen molar-refractivity contribution in [2.24, 2.45) is 0 Å². The predicted molar refractivity (Wildman–Crippen MR) is 34.0 cm³/mol. The van der Waals surface area contributed by atoms with Crippen molar-refractivity contribution < 1.29 is 5.11 Å². The van der Waals surface area contributed by atoms with Gasteiger partial charge in [0.15, 0.2) is 5.51 Å². The van der Waals surface area contributed by atoms with Crippen LogP contribution in [0.2, 0.25) is 0 Å².